The van der Waals surface area contributed by atoms with Gasteiger partial charge in [-0.2, -0.15) is 0 Å². The molecular weight excluding hydrogens is 424 g/mol. The molecule has 0 amide bonds. The third kappa shape index (κ3) is 3.74. The Morgan fingerprint density at radius 3 is 2.53 bits per heavy atom. The number of benzene rings is 2. The summed E-state index contributed by atoms with van der Waals surface area (Å²) in [5, 5.41) is 1.13. The Labute approximate surface area is 197 Å². The fraction of sp³-hybridized carbons (Fsp3) is 0.222. The van der Waals surface area contributed by atoms with E-state index in [-0.39, 0.29) is 0 Å². The second kappa shape index (κ2) is 8.43. The van der Waals surface area contributed by atoms with E-state index in [1.54, 1.807) is 7.11 Å². The first-order chi connectivity index (χ1) is 16.7. The Morgan fingerprint density at radius 1 is 0.882 bits per heavy atom. The number of rotatable bonds is 4. The molecule has 7 heteroatoms. The highest BCUT2D eigenvalue weighted by Crippen LogP contribution is 2.28. The third-order valence-corrected chi connectivity index (χ3v) is 6.64. The zero-order valence-corrected chi connectivity index (χ0v) is 19.1. The summed E-state index contributed by atoms with van der Waals surface area (Å²) in [4.78, 5) is 16.3. The SMILES string of the molecule is COc1ccc(-c2ccc3c(c2)ncn3-c2ccc3cc(N4CCC(N)CC4)ccc3n2)cn1. The van der Waals surface area contributed by atoms with Gasteiger partial charge in [-0.1, -0.05) is 6.07 Å². The molecule has 0 unspecified atom stereocenters. The summed E-state index contributed by atoms with van der Waals surface area (Å²) in [6.45, 7) is 2.02. The van der Waals surface area contributed by atoms with E-state index in [4.69, 9.17) is 15.5 Å². The standard InChI is InChI=1S/C27H26N6O/c1-34-27-9-4-20(16-29-27)18-2-7-25-24(15-18)30-17-33(25)26-8-3-19-14-22(5-6-23(19)31-26)32-12-10-21(28)11-13-32/h2-9,14-17,21H,10-13,28H2,1H3. The lowest BCUT2D eigenvalue weighted by molar-refractivity contribution is 0.398. The Kier molecular flexibility index (Phi) is 5.11. The molecule has 1 fully saturated rings. The number of piperidine rings is 1. The lowest BCUT2D eigenvalue weighted by Crippen LogP contribution is -2.39. The molecule has 1 aliphatic heterocycles. The van der Waals surface area contributed by atoms with Crippen molar-refractivity contribution in [3.8, 4) is 22.8 Å². The highest BCUT2D eigenvalue weighted by Gasteiger charge is 2.17. The van der Waals surface area contributed by atoms with Gasteiger partial charge < -0.3 is 15.4 Å². The first-order valence-electron chi connectivity index (χ1n) is 11.6. The van der Waals surface area contributed by atoms with Crippen LogP contribution in [-0.2, 0) is 0 Å². The van der Waals surface area contributed by atoms with Gasteiger partial charge in [-0.05, 0) is 66.9 Å². The first kappa shape index (κ1) is 20.6. The number of anilines is 1. The Balaban J connectivity index is 1.30. The van der Waals surface area contributed by atoms with Crippen molar-refractivity contribution in [2.24, 2.45) is 5.73 Å². The van der Waals surface area contributed by atoms with Crippen molar-refractivity contribution >= 4 is 27.6 Å². The summed E-state index contributed by atoms with van der Waals surface area (Å²) in [7, 11) is 1.62. The van der Waals surface area contributed by atoms with E-state index in [0.717, 1.165) is 64.8 Å². The summed E-state index contributed by atoms with van der Waals surface area (Å²) in [5.41, 5.74) is 12.3. The molecule has 0 aliphatic carbocycles. The van der Waals surface area contributed by atoms with E-state index < -0.39 is 0 Å². The Hall–Kier alpha value is -3.97. The summed E-state index contributed by atoms with van der Waals surface area (Å²) in [6.07, 6.45) is 5.73. The van der Waals surface area contributed by atoms with Crippen molar-refractivity contribution in [2.75, 3.05) is 25.1 Å². The van der Waals surface area contributed by atoms with Crippen LogP contribution >= 0.6 is 0 Å². The molecule has 0 spiro atoms. The lowest BCUT2D eigenvalue weighted by Gasteiger charge is -2.32. The van der Waals surface area contributed by atoms with Crippen LogP contribution in [-0.4, -0.2) is 45.8 Å². The van der Waals surface area contributed by atoms with Gasteiger partial charge >= 0.3 is 0 Å². The average Bonchev–Trinajstić information content (AvgIpc) is 3.32. The van der Waals surface area contributed by atoms with Gasteiger partial charge in [0.1, 0.15) is 12.1 Å². The van der Waals surface area contributed by atoms with Crippen LogP contribution < -0.4 is 15.4 Å². The zero-order chi connectivity index (χ0) is 23.1. The fourth-order valence-electron chi connectivity index (χ4n) is 4.64. The van der Waals surface area contributed by atoms with Crippen LogP contribution in [0.4, 0.5) is 5.69 Å². The van der Waals surface area contributed by atoms with Gasteiger partial charge in [0.25, 0.3) is 0 Å². The molecule has 1 saturated heterocycles. The summed E-state index contributed by atoms with van der Waals surface area (Å²) >= 11 is 0. The van der Waals surface area contributed by atoms with E-state index >= 15 is 0 Å². The van der Waals surface area contributed by atoms with E-state index in [9.17, 15) is 0 Å². The molecule has 2 aromatic carbocycles. The Morgan fingerprint density at radius 2 is 1.74 bits per heavy atom. The molecule has 5 aromatic rings. The lowest BCUT2D eigenvalue weighted by atomic mass is 10.0. The number of ether oxygens (including phenoxy) is 1. The van der Waals surface area contributed by atoms with Gasteiger partial charge in [0.2, 0.25) is 5.88 Å². The van der Waals surface area contributed by atoms with Crippen LogP contribution in [0.3, 0.4) is 0 Å². The molecule has 3 aromatic heterocycles. The van der Waals surface area contributed by atoms with Crippen LogP contribution in [0.25, 0.3) is 38.9 Å². The number of methoxy groups -OCH3 is 1. The minimum absolute atomic E-state index is 0.329. The number of fused-ring (bicyclic) bond motifs is 2. The fourth-order valence-corrected chi connectivity index (χ4v) is 4.64. The average molecular weight is 451 g/mol. The van der Waals surface area contributed by atoms with Crippen LogP contribution in [0, 0.1) is 0 Å². The highest BCUT2D eigenvalue weighted by atomic mass is 16.5. The molecular formula is C27H26N6O. The number of nitrogens with zero attached hydrogens (tertiary/aromatic N) is 5. The van der Waals surface area contributed by atoms with Crippen molar-refractivity contribution in [3.05, 3.63) is 73.2 Å². The molecule has 0 radical (unpaired) electrons. The maximum atomic E-state index is 6.07. The molecule has 7 nitrogen and oxygen atoms in total. The number of hydrogen-bond donors (Lipinski definition) is 1. The summed E-state index contributed by atoms with van der Waals surface area (Å²) < 4.78 is 7.19. The predicted octanol–water partition coefficient (Wildman–Crippen LogP) is 4.57. The van der Waals surface area contributed by atoms with Crippen LogP contribution in [0.2, 0.25) is 0 Å². The maximum Gasteiger partial charge on any atom is 0.212 e. The Bertz CT molecular complexity index is 1470. The molecule has 6 rings (SSSR count). The number of pyridine rings is 2. The smallest absolute Gasteiger partial charge is 0.212 e. The zero-order valence-electron chi connectivity index (χ0n) is 19.1. The van der Waals surface area contributed by atoms with E-state index in [0.29, 0.717) is 11.9 Å². The minimum Gasteiger partial charge on any atom is -0.481 e. The first-order valence-corrected chi connectivity index (χ1v) is 11.6. The number of imidazole rings is 1. The van der Waals surface area contributed by atoms with Gasteiger partial charge in [0.15, 0.2) is 0 Å². The quantitative estimate of drug-likeness (QED) is 0.432. The van der Waals surface area contributed by atoms with Gasteiger partial charge in [0, 0.05) is 48.0 Å². The van der Waals surface area contributed by atoms with Crippen LogP contribution in [0.5, 0.6) is 5.88 Å². The molecule has 0 atom stereocenters. The second-order valence-electron chi connectivity index (χ2n) is 8.78. The highest BCUT2D eigenvalue weighted by molar-refractivity contribution is 5.86. The largest absolute Gasteiger partial charge is 0.481 e. The molecule has 170 valence electrons. The van der Waals surface area contributed by atoms with Gasteiger partial charge in [-0.25, -0.2) is 15.0 Å². The molecule has 0 bridgehead atoms. The van der Waals surface area contributed by atoms with Crippen molar-refractivity contribution in [1.29, 1.82) is 0 Å². The van der Waals surface area contributed by atoms with E-state index in [2.05, 4.69) is 63.4 Å². The maximum absolute atomic E-state index is 6.07. The van der Waals surface area contributed by atoms with Crippen molar-refractivity contribution in [2.45, 2.75) is 18.9 Å². The number of nitrogens with two attached hydrogens (primary N) is 1. The topological polar surface area (TPSA) is 82.1 Å². The van der Waals surface area contributed by atoms with Crippen molar-refractivity contribution in [3.63, 3.8) is 0 Å². The predicted molar refractivity (Wildman–Crippen MR) is 136 cm³/mol. The second-order valence-corrected chi connectivity index (χ2v) is 8.78. The molecule has 4 heterocycles. The van der Waals surface area contributed by atoms with Gasteiger partial charge in [-0.15, -0.1) is 0 Å². The third-order valence-electron chi connectivity index (χ3n) is 6.64. The molecule has 1 aliphatic rings. The monoisotopic (exact) mass is 450 g/mol. The van der Waals surface area contributed by atoms with E-state index in [1.165, 1.54) is 5.69 Å². The summed E-state index contributed by atoms with van der Waals surface area (Å²) in [5.74, 6) is 1.45. The van der Waals surface area contributed by atoms with Gasteiger partial charge in [0.05, 0.1) is 23.7 Å². The van der Waals surface area contributed by atoms with Crippen LogP contribution in [0.1, 0.15) is 12.8 Å². The minimum atomic E-state index is 0.329. The van der Waals surface area contributed by atoms with Crippen molar-refractivity contribution < 1.29 is 4.74 Å². The molecule has 2 N–H and O–H groups in total. The normalized spacial score (nSPS) is 14.7. The van der Waals surface area contributed by atoms with Crippen molar-refractivity contribution in [1.82, 2.24) is 19.5 Å². The summed E-state index contributed by atoms with van der Waals surface area (Å²) in [6, 6.07) is 21.1. The molecule has 0 saturated carbocycles. The van der Waals surface area contributed by atoms with E-state index in [1.807, 2.05) is 29.2 Å². The van der Waals surface area contributed by atoms with Crippen LogP contribution in [0.15, 0.2) is 73.2 Å². The number of aromatic nitrogens is 4. The number of hydrogen-bond acceptors (Lipinski definition) is 6. The van der Waals surface area contributed by atoms with Gasteiger partial charge in [-0.3, -0.25) is 4.57 Å². The molecule has 34 heavy (non-hydrogen) atoms.